The molecule has 0 heterocycles. The van der Waals surface area contributed by atoms with E-state index in [1.165, 1.54) is 0 Å². The Morgan fingerprint density at radius 2 is 1.62 bits per heavy atom. The quantitative estimate of drug-likeness (QED) is 0.605. The molecule has 2 aliphatic rings. The fraction of sp³-hybridized carbons (Fsp3) is 0.857. The standard InChI is InChI=1S/C21H35NO4/c1-19(2,3)12-21(7,20(4,5)6)18(25)26-22-17(24)16-14-9-8-13(10-14)15(16)11-23/h11,13-16H,8-10,12H2,1-7H3,(H,22,24). The van der Waals surface area contributed by atoms with Gasteiger partial charge in [0.2, 0.25) is 0 Å². The Labute approximate surface area is 157 Å². The van der Waals surface area contributed by atoms with Crippen LogP contribution in [0.3, 0.4) is 0 Å². The van der Waals surface area contributed by atoms with Gasteiger partial charge >= 0.3 is 5.97 Å². The molecule has 0 aromatic rings. The first kappa shape index (κ1) is 20.9. The molecule has 5 heteroatoms. The van der Waals surface area contributed by atoms with Gasteiger partial charge in [-0.2, -0.15) is 5.48 Å². The van der Waals surface area contributed by atoms with E-state index in [-0.39, 0.29) is 34.5 Å². The molecule has 5 unspecified atom stereocenters. The van der Waals surface area contributed by atoms with E-state index in [9.17, 15) is 14.4 Å². The molecule has 2 bridgehead atoms. The van der Waals surface area contributed by atoms with Crippen LogP contribution in [0.2, 0.25) is 0 Å². The van der Waals surface area contributed by atoms with Crippen LogP contribution in [0.25, 0.3) is 0 Å². The average Bonchev–Trinajstić information content (AvgIpc) is 3.09. The van der Waals surface area contributed by atoms with Crippen LogP contribution < -0.4 is 5.48 Å². The molecule has 5 atom stereocenters. The van der Waals surface area contributed by atoms with Crippen molar-refractivity contribution in [3.05, 3.63) is 0 Å². The zero-order valence-corrected chi connectivity index (χ0v) is 17.3. The highest BCUT2D eigenvalue weighted by Gasteiger charge is 2.52. The second-order valence-corrected chi connectivity index (χ2v) is 10.7. The number of carbonyl (C=O) groups is 3. The van der Waals surface area contributed by atoms with Gasteiger partial charge in [0, 0.05) is 5.92 Å². The molecule has 0 aromatic carbocycles. The molecule has 1 N–H and O–H groups in total. The van der Waals surface area contributed by atoms with Crippen LogP contribution in [0.4, 0.5) is 0 Å². The summed E-state index contributed by atoms with van der Waals surface area (Å²) in [5, 5.41) is 0. The Hall–Kier alpha value is -1.39. The monoisotopic (exact) mass is 365 g/mol. The number of rotatable bonds is 4. The van der Waals surface area contributed by atoms with E-state index in [2.05, 4.69) is 26.3 Å². The molecule has 0 saturated heterocycles. The van der Waals surface area contributed by atoms with Gasteiger partial charge in [0.05, 0.1) is 11.3 Å². The third-order valence-corrected chi connectivity index (χ3v) is 6.67. The molecular weight excluding hydrogens is 330 g/mol. The molecule has 0 radical (unpaired) electrons. The summed E-state index contributed by atoms with van der Waals surface area (Å²) < 4.78 is 0. The van der Waals surface area contributed by atoms with Gasteiger partial charge in [-0.15, -0.1) is 0 Å². The van der Waals surface area contributed by atoms with E-state index < -0.39 is 11.4 Å². The van der Waals surface area contributed by atoms with Crippen LogP contribution in [0.1, 0.15) is 74.1 Å². The van der Waals surface area contributed by atoms with Crippen LogP contribution in [0, 0.1) is 39.9 Å². The summed E-state index contributed by atoms with van der Waals surface area (Å²) in [5.74, 6) is -0.797. The largest absolute Gasteiger partial charge is 0.340 e. The van der Waals surface area contributed by atoms with Crippen LogP contribution in [-0.2, 0) is 19.2 Å². The summed E-state index contributed by atoms with van der Waals surface area (Å²) >= 11 is 0. The lowest BCUT2D eigenvalue weighted by Crippen LogP contribution is -2.48. The van der Waals surface area contributed by atoms with Gasteiger partial charge < -0.3 is 9.63 Å². The minimum Gasteiger partial charge on any atom is -0.340 e. The highest BCUT2D eigenvalue weighted by molar-refractivity contribution is 5.85. The fourth-order valence-electron chi connectivity index (χ4n) is 4.90. The summed E-state index contributed by atoms with van der Waals surface area (Å²) in [5.41, 5.74) is 1.27. The van der Waals surface area contributed by atoms with Crippen molar-refractivity contribution in [1.29, 1.82) is 0 Å². The predicted octanol–water partition coefficient (Wildman–Crippen LogP) is 3.91. The normalized spacial score (nSPS) is 30.6. The number of nitrogens with one attached hydrogen (secondary N) is 1. The third-order valence-electron chi connectivity index (χ3n) is 6.67. The number of carbonyl (C=O) groups excluding carboxylic acids is 3. The third kappa shape index (κ3) is 3.96. The van der Waals surface area contributed by atoms with Gasteiger partial charge in [-0.25, -0.2) is 4.79 Å². The van der Waals surface area contributed by atoms with Crippen LogP contribution in [-0.4, -0.2) is 18.2 Å². The first-order valence-electron chi connectivity index (χ1n) is 9.76. The molecule has 5 nitrogen and oxygen atoms in total. The van der Waals surface area contributed by atoms with Crippen molar-refractivity contribution >= 4 is 18.2 Å². The van der Waals surface area contributed by atoms with E-state index >= 15 is 0 Å². The van der Waals surface area contributed by atoms with E-state index in [4.69, 9.17) is 4.84 Å². The summed E-state index contributed by atoms with van der Waals surface area (Å²) in [4.78, 5) is 42.2. The lowest BCUT2D eigenvalue weighted by atomic mass is 9.61. The minimum atomic E-state index is -0.739. The van der Waals surface area contributed by atoms with Crippen LogP contribution >= 0.6 is 0 Å². The van der Waals surface area contributed by atoms with Crippen molar-refractivity contribution < 1.29 is 19.2 Å². The first-order chi connectivity index (χ1) is 11.8. The van der Waals surface area contributed by atoms with E-state index in [0.29, 0.717) is 12.3 Å². The molecule has 0 spiro atoms. The Morgan fingerprint density at radius 1 is 1.04 bits per heavy atom. The van der Waals surface area contributed by atoms with Crippen LogP contribution in [0.15, 0.2) is 0 Å². The zero-order valence-electron chi connectivity index (χ0n) is 17.3. The second-order valence-electron chi connectivity index (χ2n) is 10.7. The Kier molecular flexibility index (Phi) is 5.61. The topological polar surface area (TPSA) is 72.5 Å². The number of fused-ring (bicyclic) bond motifs is 2. The fourth-order valence-corrected chi connectivity index (χ4v) is 4.90. The molecule has 148 valence electrons. The van der Waals surface area contributed by atoms with Crippen LogP contribution in [0.5, 0.6) is 0 Å². The number of amides is 1. The Bertz CT molecular complexity index is 572. The Morgan fingerprint density at radius 3 is 2.12 bits per heavy atom. The SMILES string of the molecule is CC(C)(C)CC(C)(C(=O)ONC(=O)C1C2CCC(C2)C1C=O)C(C)(C)C. The summed E-state index contributed by atoms with van der Waals surface area (Å²) in [6.07, 6.45) is 4.48. The Balaban J connectivity index is 2.06. The molecule has 2 rings (SSSR count). The highest BCUT2D eigenvalue weighted by Crippen LogP contribution is 2.51. The first-order valence-corrected chi connectivity index (χ1v) is 9.76. The number of hydrogen-bond acceptors (Lipinski definition) is 4. The summed E-state index contributed by atoms with van der Waals surface area (Å²) in [6, 6.07) is 0. The van der Waals surface area contributed by atoms with Crippen molar-refractivity contribution in [2.45, 2.75) is 74.1 Å². The number of hydrogen-bond donors (Lipinski definition) is 1. The molecule has 2 fully saturated rings. The van der Waals surface area contributed by atoms with E-state index in [0.717, 1.165) is 25.5 Å². The van der Waals surface area contributed by atoms with Gasteiger partial charge in [-0.05, 0) is 55.3 Å². The van der Waals surface area contributed by atoms with Crippen molar-refractivity contribution in [2.24, 2.45) is 39.9 Å². The van der Waals surface area contributed by atoms with Gasteiger partial charge in [-0.3, -0.25) is 4.79 Å². The minimum absolute atomic E-state index is 0.0573. The number of aldehydes is 1. The molecule has 0 aliphatic heterocycles. The second kappa shape index (κ2) is 6.97. The molecular formula is C21H35NO4. The maximum Gasteiger partial charge on any atom is 0.338 e. The van der Waals surface area contributed by atoms with Gasteiger partial charge in [0.15, 0.2) is 0 Å². The van der Waals surface area contributed by atoms with Gasteiger partial charge in [0.25, 0.3) is 5.91 Å². The lowest BCUT2D eigenvalue weighted by molar-refractivity contribution is -0.178. The summed E-state index contributed by atoms with van der Waals surface area (Å²) in [7, 11) is 0. The zero-order chi connectivity index (χ0) is 19.9. The van der Waals surface area contributed by atoms with Crippen molar-refractivity contribution in [1.82, 2.24) is 5.48 Å². The number of hydroxylamine groups is 1. The van der Waals surface area contributed by atoms with Crippen molar-refractivity contribution in [3.63, 3.8) is 0 Å². The van der Waals surface area contributed by atoms with Crippen molar-refractivity contribution in [2.75, 3.05) is 0 Å². The van der Waals surface area contributed by atoms with Crippen molar-refractivity contribution in [3.8, 4) is 0 Å². The van der Waals surface area contributed by atoms with Gasteiger partial charge in [0.1, 0.15) is 6.29 Å². The molecule has 1 amide bonds. The summed E-state index contributed by atoms with van der Waals surface area (Å²) in [6.45, 7) is 14.2. The molecule has 2 saturated carbocycles. The van der Waals surface area contributed by atoms with E-state index in [1.54, 1.807) is 0 Å². The average molecular weight is 366 g/mol. The van der Waals surface area contributed by atoms with E-state index in [1.807, 2.05) is 27.7 Å². The molecule has 2 aliphatic carbocycles. The lowest BCUT2D eigenvalue weighted by Gasteiger charge is -2.43. The van der Waals surface area contributed by atoms with Gasteiger partial charge in [-0.1, -0.05) is 41.5 Å². The highest BCUT2D eigenvalue weighted by atomic mass is 16.7. The molecule has 26 heavy (non-hydrogen) atoms. The predicted molar refractivity (Wildman–Crippen MR) is 99.7 cm³/mol. The maximum absolute atomic E-state index is 12.9. The smallest absolute Gasteiger partial charge is 0.338 e. The molecule has 0 aromatic heterocycles. The maximum atomic E-state index is 12.9.